The maximum atomic E-state index is 11.5. The minimum atomic E-state index is 0.0327. The molecule has 49 heavy (non-hydrogen) atoms. The van der Waals surface area contributed by atoms with E-state index in [9.17, 15) is 4.79 Å². The third-order valence-corrected chi connectivity index (χ3v) is 9.65. The summed E-state index contributed by atoms with van der Waals surface area (Å²) in [6.45, 7) is 2.25. The summed E-state index contributed by atoms with van der Waals surface area (Å²) in [6.07, 6.45) is 3.12. The van der Waals surface area contributed by atoms with E-state index >= 15 is 0 Å². The molecule has 0 bridgehead atoms. The van der Waals surface area contributed by atoms with Crippen molar-refractivity contribution in [3.63, 3.8) is 0 Å². The van der Waals surface area contributed by atoms with Gasteiger partial charge in [-0.2, -0.15) is 0 Å². The quantitative estimate of drug-likeness (QED) is 0.0956. The number of benzene rings is 3. The highest BCUT2D eigenvalue weighted by molar-refractivity contribution is 6.39. The average molecular weight is 721 g/mol. The van der Waals surface area contributed by atoms with E-state index in [0.29, 0.717) is 76.1 Å². The Morgan fingerprint density at radius 1 is 0.918 bits per heavy atom. The van der Waals surface area contributed by atoms with Gasteiger partial charge < -0.3 is 30.5 Å². The minimum Gasteiger partial charge on any atom is -0.496 e. The number of fused-ring (bicyclic) bond motifs is 1. The maximum absolute atomic E-state index is 11.5. The van der Waals surface area contributed by atoms with Crippen LogP contribution in [0, 0.1) is 0 Å². The molecule has 2 aromatic heterocycles. The lowest BCUT2D eigenvalue weighted by Gasteiger charge is -2.16. The van der Waals surface area contributed by atoms with E-state index in [-0.39, 0.29) is 18.6 Å². The molecule has 4 N–H and O–H groups in total. The summed E-state index contributed by atoms with van der Waals surface area (Å²) in [5, 5.41) is 20.9. The molecule has 1 unspecified atom stereocenters. The Morgan fingerprint density at radius 2 is 1.71 bits per heavy atom. The summed E-state index contributed by atoms with van der Waals surface area (Å²) in [4.78, 5) is 21.0. The average Bonchev–Trinajstić information content (AvgIpc) is 3.53. The van der Waals surface area contributed by atoms with Crippen molar-refractivity contribution in [3.05, 3.63) is 93.1 Å². The van der Waals surface area contributed by atoms with Gasteiger partial charge in [0.05, 0.1) is 52.8 Å². The van der Waals surface area contributed by atoms with Gasteiger partial charge in [0, 0.05) is 83.6 Å². The topological polar surface area (TPSA) is 118 Å². The number of aliphatic hydroxyl groups is 1. The molecule has 6 rings (SSSR count). The number of halogens is 3. The molecule has 9 nitrogen and oxygen atoms in total. The van der Waals surface area contributed by atoms with Crippen molar-refractivity contribution >= 4 is 51.6 Å². The van der Waals surface area contributed by atoms with Crippen LogP contribution in [0.3, 0.4) is 0 Å². The van der Waals surface area contributed by atoms with Gasteiger partial charge in [-0.25, -0.2) is 4.98 Å². The molecular weight excluding hydrogens is 685 g/mol. The van der Waals surface area contributed by atoms with Crippen molar-refractivity contribution in [2.75, 3.05) is 33.9 Å². The fourth-order valence-corrected chi connectivity index (χ4v) is 7.07. The lowest BCUT2D eigenvalue weighted by Crippen LogP contribution is -2.35. The number of carbonyl (C=O) groups is 1. The molecule has 0 aliphatic carbocycles. The third-order valence-electron chi connectivity index (χ3n) is 8.57. The van der Waals surface area contributed by atoms with Gasteiger partial charge in [-0.3, -0.25) is 9.78 Å². The van der Waals surface area contributed by atoms with Gasteiger partial charge in [0.15, 0.2) is 0 Å². The Morgan fingerprint density at radius 3 is 2.47 bits per heavy atom. The number of aliphatic hydroxyl groups excluding tert-OH is 1. The van der Waals surface area contributed by atoms with Crippen LogP contribution in [0.15, 0.2) is 66.9 Å². The standard InChI is InChI=1S/C37H36Cl3N5O4/c1-48-31-17-21(6-7-22(31)18-42-20-24-8-11-32(47)44-24)35-34(40)26(12-13-43-35)25-4-3-5-27(33(25)39)30-10-9-28-36(45-30)29(38)16-23(37(28)49-2)19-41-14-15-46/h3-7,9-10,12-13,16-17,24,41-42,46H,8,11,14-15,18-20H2,1-2H3,(H,44,47). The third kappa shape index (κ3) is 7.48. The number of pyridine rings is 2. The van der Waals surface area contributed by atoms with Gasteiger partial charge in [0.25, 0.3) is 0 Å². The Balaban J connectivity index is 1.29. The fourth-order valence-electron chi connectivity index (χ4n) is 6.15. The van der Waals surface area contributed by atoms with Crippen molar-refractivity contribution in [1.82, 2.24) is 25.9 Å². The first-order valence-electron chi connectivity index (χ1n) is 15.9. The Kier molecular flexibility index (Phi) is 11.2. The number of ether oxygens (including phenoxy) is 2. The van der Waals surface area contributed by atoms with Crippen LogP contribution in [0.1, 0.15) is 24.0 Å². The lowest BCUT2D eigenvalue weighted by atomic mass is 9.99. The van der Waals surface area contributed by atoms with Crippen molar-refractivity contribution in [3.8, 4) is 45.1 Å². The molecular formula is C37H36Cl3N5O4. The highest BCUT2D eigenvalue weighted by Gasteiger charge is 2.21. The van der Waals surface area contributed by atoms with E-state index in [4.69, 9.17) is 54.4 Å². The fraction of sp³-hybridized carbons (Fsp3) is 0.270. The van der Waals surface area contributed by atoms with Crippen molar-refractivity contribution in [1.29, 1.82) is 0 Å². The Bertz CT molecular complexity index is 2010. The SMILES string of the molecule is COc1cc(-c2nccc(-c3cccc(-c4ccc5c(OC)c(CNCCO)cc(Cl)c5n4)c3Cl)c2Cl)ccc1CNCC1CCC(=O)N1. The zero-order valence-electron chi connectivity index (χ0n) is 27.1. The van der Waals surface area contributed by atoms with Crippen molar-refractivity contribution in [2.24, 2.45) is 0 Å². The molecule has 1 aliphatic rings. The van der Waals surface area contributed by atoms with E-state index in [2.05, 4.69) is 20.9 Å². The van der Waals surface area contributed by atoms with Gasteiger partial charge >= 0.3 is 0 Å². The largest absolute Gasteiger partial charge is 0.496 e. The van der Waals surface area contributed by atoms with Crippen LogP contribution in [0.25, 0.3) is 44.5 Å². The van der Waals surface area contributed by atoms with Gasteiger partial charge in [-0.1, -0.05) is 65.1 Å². The summed E-state index contributed by atoms with van der Waals surface area (Å²) in [7, 11) is 3.25. The second kappa shape index (κ2) is 15.7. The van der Waals surface area contributed by atoms with Crippen LogP contribution in [0.2, 0.25) is 15.1 Å². The highest BCUT2D eigenvalue weighted by Crippen LogP contribution is 2.43. The van der Waals surface area contributed by atoms with Crippen LogP contribution < -0.4 is 25.4 Å². The molecule has 0 saturated carbocycles. The molecule has 1 aliphatic heterocycles. The molecule has 254 valence electrons. The van der Waals surface area contributed by atoms with Gasteiger partial charge in [-0.05, 0) is 36.8 Å². The zero-order valence-corrected chi connectivity index (χ0v) is 29.3. The molecule has 1 saturated heterocycles. The lowest BCUT2D eigenvalue weighted by molar-refractivity contribution is -0.119. The van der Waals surface area contributed by atoms with Crippen LogP contribution in [-0.4, -0.2) is 60.9 Å². The Hall–Kier alpha value is -3.96. The van der Waals surface area contributed by atoms with E-state index in [1.165, 1.54) is 0 Å². The molecule has 3 aromatic carbocycles. The van der Waals surface area contributed by atoms with E-state index in [1.54, 1.807) is 20.4 Å². The Labute approximate surface area is 299 Å². The highest BCUT2D eigenvalue weighted by atomic mass is 35.5. The first-order valence-corrected chi connectivity index (χ1v) is 17.0. The van der Waals surface area contributed by atoms with Crippen LogP contribution in [0.4, 0.5) is 0 Å². The summed E-state index contributed by atoms with van der Waals surface area (Å²) in [5.74, 6) is 1.47. The van der Waals surface area contributed by atoms with Gasteiger partial charge in [-0.15, -0.1) is 0 Å². The molecule has 3 heterocycles. The summed E-state index contributed by atoms with van der Waals surface area (Å²) in [5.41, 5.74) is 6.65. The first-order chi connectivity index (χ1) is 23.8. The molecule has 1 fully saturated rings. The number of hydrogen-bond acceptors (Lipinski definition) is 8. The minimum absolute atomic E-state index is 0.0327. The number of methoxy groups -OCH3 is 2. The van der Waals surface area contributed by atoms with E-state index in [0.717, 1.165) is 45.2 Å². The van der Waals surface area contributed by atoms with E-state index < -0.39 is 0 Å². The molecule has 12 heteroatoms. The number of rotatable bonds is 13. The van der Waals surface area contributed by atoms with Crippen LogP contribution >= 0.6 is 34.8 Å². The number of hydrogen-bond donors (Lipinski definition) is 4. The van der Waals surface area contributed by atoms with Crippen molar-refractivity contribution < 1.29 is 19.4 Å². The van der Waals surface area contributed by atoms with E-state index in [1.807, 2.05) is 60.7 Å². The molecule has 1 atom stereocenters. The van der Waals surface area contributed by atoms with Crippen molar-refractivity contribution in [2.45, 2.75) is 32.0 Å². The number of nitrogens with zero attached hydrogens (tertiary/aromatic N) is 2. The first kappa shape index (κ1) is 34.9. The molecule has 1 amide bonds. The normalized spacial score (nSPS) is 14.3. The maximum Gasteiger partial charge on any atom is 0.220 e. The number of nitrogens with one attached hydrogen (secondary N) is 3. The number of amides is 1. The zero-order chi connectivity index (χ0) is 34.5. The summed E-state index contributed by atoms with van der Waals surface area (Å²) < 4.78 is 11.5. The summed E-state index contributed by atoms with van der Waals surface area (Å²) in [6, 6.07) is 19.3. The predicted molar refractivity (Wildman–Crippen MR) is 196 cm³/mol. The summed E-state index contributed by atoms with van der Waals surface area (Å²) >= 11 is 20.9. The second-order valence-electron chi connectivity index (χ2n) is 11.7. The smallest absolute Gasteiger partial charge is 0.220 e. The van der Waals surface area contributed by atoms with Gasteiger partial charge in [0.2, 0.25) is 5.91 Å². The molecule has 5 aromatic rings. The van der Waals surface area contributed by atoms with Crippen LogP contribution in [-0.2, 0) is 17.9 Å². The molecule has 0 spiro atoms. The monoisotopic (exact) mass is 719 g/mol. The van der Waals surface area contributed by atoms with Gasteiger partial charge in [0.1, 0.15) is 11.5 Å². The predicted octanol–water partition coefficient (Wildman–Crippen LogP) is 7.06. The van der Waals surface area contributed by atoms with Crippen LogP contribution in [0.5, 0.6) is 11.5 Å². The second-order valence-corrected chi connectivity index (χ2v) is 12.9. The molecule has 0 radical (unpaired) electrons. The number of carbonyl (C=O) groups excluding carboxylic acids is 1. The number of aromatic nitrogens is 2.